The van der Waals surface area contributed by atoms with Crippen molar-refractivity contribution in [1.82, 2.24) is 9.88 Å². The first-order chi connectivity index (χ1) is 17.3. The molecule has 0 bridgehead atoms. The third kappa shape index (κ3) is 5.97. The van der Waals surface area contributed by atoms with Gasteiger partial charge in [0.15, 0.2) is 15.0 Å². The highest BCUT2D eigenvalue weighted by atomic mass is 32.2. The Morgan fingerprint density at radius 3 is 2.42 bits per heavy atom. The number of nitrogens with zero attached hydrogens (tertiary/aromatic N) is 3. The number of carbonyl (C=O) groups is 1. The number of sulfone groups is 1. The van der Waals surface area contributed by atoms with Gasteiger partial charge in [0, 0.05) is 26.2 Å². The molecule has 3 aromatic rings. The van der Waals surface area contributed by atoms with Crippen molar-refractivity contribution in [2.24, 2.45) is 0 Å². The lowest BCUT2D eigenvalue weighted by Crippen LogP contribution is -2.40. The molecule has 9 nitrogen and oxygen atoms in total. The summed E-state index contributed by atoms with van der Waals surface area (Å²) in [5.41, 5.74) is 1.52. The summed E-state index contributed by atoms with van der Waals surface area (Å²) in [6.45, 7) is 6.05. The lowest BCUT2D eigenvalue weighted by Gasteiger charge is -2.27. The summed E-state index contributed by atoms with van der Waals surface area (Å²) < 4.78 is 43.2. The summed E-state index contributed by atoms with van der Waals surface area (Å²) in [5, 5.41) is 0.416. The average Bonchev–Trinajstić information content (AvgIpc) is 3.31. The van der Waals surface area contributed by atoms with Crippen LogP contribution in [0.3, 0.4) is 0 Å². The molecule has 0 N–H and O–H groups in total. The van der Waals surface area contributed by atoms with E-state index in [0.717, 1.165) is 29.9 Å². The van der Waals surface area contributed by atoms with Gasteiger partial charge in [0.05, 0.1) is 32.3 Å². The Labute approximate surface area is 215 Å². The number of fused-ring (bicyclic) bond motifs is 1. The van der Waals surface area contributed by atoms with E-state index < -0.39 is 21.5 Å². The van der Waals surface area contributed by atoms with E-state index in [0.29, 0.717) is 48.3 Å². The van der Waals surface area contributed by atoms with Crippen LogP contribution in [0, 0.1) is 6.92 Å². The average molecular weight is 534 g/mol. The van der Waals surface area contributed by atoms with Crippen molar-refractivity contribution in [3.63, 3.8) is 0 Å². The Morgan fingerprint density at radius 1 is 1.08 bits per heavy atom. The third-order valence-electron chi connectivity index (χ3n) is 6.08. The molecular formula is C25H31N3O6S2. The molecule has 1 fully saturated rings. The molecule has 2 heterocycles. The van der Waals surface area contributed by atoms with Gasteiger partial charge in [-0.1, -0.05) is 29.0 Å². The van der Waals surface area contributed by atoms with E-state index in [1.54, 1.807) is 38.5 Å². The quantitative estimate of drug-likeness (QED) is 0.392. The van der Waals surface area contributed by atoms with E-state index in [1.165, 1.54) is 28.4 Å². The van der Waals surface area contributed by atoms with Gasteiger partial charge in [0.1, 0.15) is 27.5 Å². The van der Waals surface area contributed by atoms with Crippen molar-refractivity contribution in [1.29, 1.82) is 0 Å². The molecule has 0 aliphatic carbocycles. The number of rotatable bonds is 10. The molecule has 0 unspecified atom stereocenters. The van der Waals surface area contributed by atoms with Gasteiger partial charge in [0.2, 0.25) is 5.91 Å². The zero-order valence-corrected chi connectivity index (χ0v) is 22.4. The van der Waals surface area contributed by atoms with Crippen molar-refractivity contribution in [3.8, 4) is 11.5 Å². The number of methoxy groups -OCH3 is 2. The number of benzene rings is 2. The molecule has 36 heavy (non-hydrogen) atoms. The second-order valence-electron chi connectivity index (χ2n) is 8.57. The van der Waals surface area contributed by atoms with Crippen molar-refractivity contribution >= 4 is 42.4 Å². The van der Waals surface area contributed by atoms with Crippen molar-refractivity contribution < 1.29 is 27.4 Å². The van der Waals surface area contributed by atoms with Crippen LogP contribution in [0.5, 0.6) is 11.5 Å². The lowest BCUT2D eigenvalue weighted by atomic mass is 10.2. The Kier molecular flexibility index (Phi) is 8.45. The van der Waals surface area contributed by atoms with Crippen LogP contribution in [-0.4, -0.2) is 83.6 Å². The van der Waals surface area contributed by atoms with Gasteiger partial charge in [-0.05, 0) is 37.6 Å². The number of ether oxygens (including phenoxy) is 3. The highest BCUT2D eigenvalue weighted by molar-refractivity contribution is 7.92. The lowest BCUT2D eigenvalue weighted by molar-refractivity contribution is -0.116. The molecule has 0 atom stereocenters. The highest BCUT2D eigenvalue weighted by Gasteiger charge is 2.28. The molecule has 0 spiro atoms. The summed E-state index contributed by atoms with van der Waals surface area (Å²) in [6, 6.07) is 10.1. The van der Waals surface area contributed by atoms with Crippen LogP contribution < -0.4 is 14.4 Å². The van der Waals surface area contributed by atoms with Gasteiger partial charge < -0.3 is 14.2 Å². The smallest absolute Gasteiger partial charge is 0.244 e. The standard InChI is InChI=1S/C25H31N3O6S2/c1-18-5-7-19(8-6-18)36(30,31)17-22(29)28(12-4-11-27-13-15-34-16-14-27)25-26-23-20(32-2)9-10-21(33-3)24(23)35-25/h5-10H,4,11-17H2,1-3H3. The molecule has 194 valence electrons. The normalized spacial score (nSPS) is 14.6. The zero-order valence-electron chi connectivity index (χ0n) is 20.7. The Balaban J connectivity index is 1.62. The van der Waals surface area contributed by atoms with Crippen molar-refractivity contribution in [2.45, 2.75) is 18.2 Å². The maximum absolute atomic E-state index is 13.5. The molecule has 0 radical (unpaired) electrons. The van der Waals surface area contributed by atoms with Gasteiger partial charge >= 0.3 is 0 Å². The van der Waals surface area contributed by atoms with Gasteiger partial charge in [-0.15, -0.1) is 0 Å². The highest BCUT2D eigenvalue weighted by Crippen LogP contribution is 2.40. The first-order valence-corrected chi connectivity index (χ1v) is 14.2. The number of hydrogen-bond acceptors (Lipinski definition) is 9. The summed E-state index contributed by atoms with van der Waals surface area (Å²) in [4.78, 5) is 22.1. The van der Waals surface area contributed by atoms with Crippen LogP contribution >= 0.6 is 11.3 Å². The zero-order chi connectivity index (χ0) is 25.7. The predicted molar refractivity (Wildman–Crippen MR) is 140 cm³/mol. The van der Waals surface area contributed by atoms with Gasteiger partial charge in [0.25, 0.3) is 0 Å². The first kappa shape index (κ1) is 26.3. The molecule has 11 heteroatoms. The van der Waals surface area contributed by atoms with E-state index in [-0.39, 0.29) is 4.90 Å². The number of amides is 1. The number of aromatic nitrogens is 1. The van der Waals surface area contributed by atoms with Gasteiger partial charge in [-0.3, -0.25) is 14.6 Å². The van der Waals surface area contributed by atoms with Crippen LogP contribution in [0.2, 0.25) is 0 Å². The van der Waals surface area contributed by atoms with Crippen LogP contribution in [0.1, 0.15) is 12.0 Å². The summed E-state index contributed by atoms with van der Waals surface area (Å²) >= 11 is 1.28. The first-order valence-electron chi connectivity index (χ1n) is 11.7. The molecule has 1 aromatic heterocycles. The largest absolute Gasteiger partial charge is 0.495 e. The molecule has 1 saturated heterocycles. The number of aryl methyl sites for hydroxylation is 1. The molecule has 4 rings (SSSR count). The maximum atomic E-state index is 13.5. The van der Waals surface area contributed by atoms with Crippen LogP contribution in [0.15, 0.2) is 41.3 Å². The van der Waals surface area contributed by atoms with Crippen LogP contribution in [-0.2, 0) is 19.4 Å². The van der Waals surface area contributed by atoms with Crippen molar-refractivity contribution in [2.75, 3.05) is 64.3 Å². The molecule has 2 aromatic carbocycles. The van der Waals surface area contributed by atoms with Crippen LogP contribution in [0.25, 0.3) is 10.2 Å². The maximum Gasteiger partial charge on any atom is 0.244 e. The minimum atomic E-state index is -3.82. The number of carbonyl (C=O) groups excluding carboxylic acids is 1. The second kappa shape index (κ2) is 11.5. The Morgan fingerprint density at radius 2 is 1.75 bits per heavy atom. The summed E-state index contributed by atoms with van der Waals surface area (Å²) in [6.07, 6.45) is 0.667. The van der Waals surface area contributed by atoms with E-state index in [4.69, 9.17) is 14.2 Å². The number of morpholine rings is 1. The third-order valence-corrected chi connectivity index (χ3v) is 8.79. The van der Waals surface area contributed by atoms with Crippen LogP contribution in [0.4, 0.5) is 5.13 Å². The number of anilines is 1. The molecule has 0 saturated carbocycles. The van der Waals surface area contributed by atoms with E-state index in [9.17, 15) is 13.2 Å². The number of thiazole rings is 1. The fraction of sp³-hybridized carbons (Fsp3) is 0.440. The molecular weight excluding hydrogens is 502 g/mol. The Bertz CT molecular complexity index is 1260. The van der Waals surface area contributed by atoms with E-state index >= 15 is 0 Å². The molecule has 1 aliphatic heterocycles. The fourth-order valence-electron chi connectivity index (χ4n) is 4.06. The van der Waals surface area contributed by atoms with E-state index in [1.807, 2.05) is 6.92 Å². The Hall–Kier alpha value is -2.73. The summed E-state index contributed by atoms with van der Waals surface area (Å²) in [7, 11) is -0.696. The fourth-order valence-corrected chi connectivity index (χ4v) is 6.38. The SMILES string of the molecule is COc1ccc(OC)c2sc(N(CCCN3CCOCC3)C(=O)CS(=O)(=O)c3ccc(C)cc3)nc12. The number of hydrogen-bond donors (Lipinski definition) is 0. The predicted octanol–water partition coefficient (Wildman–Crippen LogP) is 3.15. The molecule has 1 amide bonds. The topological polar surface area (TPSA) is 98.3 Å². The van der Waals surface area contributed by atoms with E-state index in [2.05, 4.69) is 9.88 Å². The summed E-state index contributed by atoms with van der Waals surface area (Å²) in [5.74, 6) is 0.0102. The minimum absolute atomic E-state index is 0.127. The van der Waals surface area contributed by atoms with Gasteiger partial charge in [-0.2, -0.15) is 0 Å². The van der Waals surface area contributed by atoms with Crippen molar-refractivity contribution in [3.05, 3.63) is 42.0 Å². The second-order valence-corrected chi connectivity index (χ2v) is 11.5. The minimum Gasteiger partial charge on any atom is -0.495 e. The van der Waals surface area contributed by atoms with Gasteiger partial charge in [-0.25, -0.2) is 13.4 Å². The molecule has 1 aliphatic rings. The monoisotopic (exact) mass is 533 g/mol.